The van der Waals surface area contributed by atoms with Crippen LogP contribution < -0.4 is 0 Å². The van der Waals surface area contributed by atoms with E-state index in [9.17, 15) is 9.59 Å². The molecule has 0 bridgehead atoms. The summed E-state index contributed by atoms with van der Waals surface area (Å²) < 4.78 is 0. The van der Waals surface area contributed by atoms with E-state index in [1.54, 1.807) is 4.90 Å². The van der Waals surface area contributed by atoms with Gasteiger partial charge in [-0.15, -0.1) is 0 Å². The zero-order valence-electron chi connectivity index (χ0n) is 8.35. The van der Waals surface area contributed by atoms with Crippen LogP contribution in [-0.2, 0) is 9.59 Å². The molecule has 0 aromatic carbocycles. The summed E-state index contributed by atoms with van der Waals surface area (Å²) in [6.45, 7) is 4.75. The monoisotopic (exact) mass is 200 g/mol. The van der Waals surface area contributed by atoms with E-state index in [0.717, 1.165) is 13.0 Å². The highest BCUT2D eigenvalue weighted by Crippen LogP contribution is 2.08. The number of amides is 1. The standard InChI is InChI=1S/C9H16N2O3/c1-8-6-10(7-12)4-5-11(8)3-2-9(13)14/h7-8H,2-6H2,1H3,(H,13,14). The molecule has 80 valence electrons. The molecule has 1 atom stereocenters. The van der Waals surface area contributed by atoms with Crippen LogP contribution in [0.15, 0.2) is 0 Å². The van der Waals surface area contributed by atoms with Gasteiger partial charge >= 0.3 is 5.97 Å². The van der Waals surface area contributed by atoms with E-state index in [1.807, 2.05) is 6.92 Å². The van der Waals surface area contributed by atoms with Crippen molar-refractivity contribution in [3.63, 3.8) is 0 Å². The average Bonchev–Trinajstić information content (AvgIpc) is 2.15. The van der Waals surface area contributed by atoms with Crippen molar-refractivity contribution < 1.29 is 14.7 Å². The lowest BCUT2D eigenvalue weighted by Crippen LogP contribution is -2.51. The molecule has 0 radical (unpaired) electrons. The summed E-state index contributed by atoms with van der Waals surface area (Å²) >= 11 is 0. The van der Waals surface area contributed by atoms with E-state index in [4.69, 9.17) is 5.11 Å². The van der Waals surface area contributed by atoms with Gasteiger partial charge in [-0.3, -0.25) is 14.5 Å². The highest BCUT2D eigenvalue weighted by molar-refractivity contribution is 5.66. The van der Waals surface area contributed by atoms with Gasteiger partial charge in [0.05, 0.1) is 6.42 Å². The fourth-order valence-corrected chi connectivity index (χ4v) is 1.69. The zero-order valence-corrected chi connectivity index (χ0v) is 8.35. The van der Waals surface area contributed by atoms with Crippen LogP contribution in [0.3, 0.4) is 0 Å². The third-order valence-electron chi connectivity index (χ3n) is 2.56. The predicted octanol–water partition coefficient (Wildman–Crippen LogP) is -0.376. The molecule has 5 heteroatoms. The van der Waals surface area contributed by atoms with Crippen LogP contribution in [-0.4, -0.2) is 59.5 Å². The number of aliphatic carboxylic acids is 1. The van der Waals surface area contributed by atoms with Gasteiger partial charge < -0.3 is 10.0 Å². The number of carbonyl (C=O) groups is 2. The number of hydrogen-bond acceptors (Lipinski definition) is 3. The highest BCUT2D eigenvalue weighted by atomic mass is 16.4. The predicted molar refractivity (Wildman–Crippen MR) is 50.9 cm³/mol. The van der Waals surface area contributed by atoms with Gasteiger partial charge in [0.2, 0.25) is 6.41 Å². The van der Waals surface area contributed by atoms with Crippen molar-refractivity contribution in [3.05, 3.63) is 0 Å². The third-order valence-corrected chi connectivity index (χ3v) is 2.56. The summed E-state index contributed by atoms with van der Waals surface area (Å²) in [6, 6.07) is 0.258. The van der Waals surface area contributed by atoms with E-state index in [0.29, 0.717) is 19.6 Å². The van der Waals surface area contributed by atoms with E-state index in [2.05, 4.69) is 4.90 Å². The summed E-state index contributed by atoms with van der Waals surface area (Å²) in [5.41, 5.74) is 0. The van der Waals surface area contributed by atoms with Crippen LogP contribution >= 0.6 is 0 Å². The van der Waals surface area contributed by atoms with Crippen molar-refractivity contribution in [2.75, 3.05) is 26.2 Å². The number of hydrogen-bond donors (Lipinski definition) is 1. The maximum Gasteiger partial charge on any atom is 0.304 e. The average molecular weight is 200 g/mol. The molecule has 0 saturated carbocycles. The first-order valence-electron chi connectivity index (χ1n) is 4.78. The summed E-state index contributed by atoms with van der Waals surface area (Å²) in [6.07, 6.45) is 1.02. The van der Waals surface area contributed by atoms with Crippen molar-refractivity contribution in [2.24, 2.45) is 0 Å². The molecule has 14 heavy (non-hydrogen) atoms. The van der Waals surface area contributed by atoms with Gasteiger partial charge in [-0.25, -0.2) is 0 Å². The van der Waals surface area contributed by atoms with E-state index < -0.39 is 5.97 Å². The molecule has 0 aromatic rings. The molecule has 0 spiro atoms. The van der Waals surface area contributed by atoms with Crippen molar-refractivity contribution in [3.8, 4) is 0 Å². The molecular formula is C9H16N2O3. The van der Waals surface area contributed by atoms with Gasteiger partial charge in [0.25, 0.3) is 0 Å². The molecule has 1 amide bonds. The van der Waals surface area contributed by atoms with Gasteiger partial charge in [-0.05, 0) is 6.92 Å². The summed E-state index contributed by atoms with van der Waals surface area (Å²) in [5.74, 6) is -0.769. The Morgan fingerprint density at radius 1 is 1.57 bits per heavy atom. The van der Waals surface area contributed by atoms with Gasteiger partial charge in [0, 0.05) is 32.2 Å². The Hall–Kier alpha value is -1.10. The quantitative estimate of drug-likeness (QED) is 0.629. The molecule has 0 aromatic heterocycles. The minimum absolute atomic E-state index is 0.172. The molecule has 1 unspecified atom stereocenters. The van der Waals surface area contributed by atoms with Crippen molar-refractivity contribution in [1.29, 1.82) is 0 Å². The van der Waals surface area contributed by atoms with E-state index in [1.165, 1.54) is 0 Å². The van der Waals surface area contributed by atoms with Crippen molar-refractivity contribution in [2.45, 2.75) is 19.4 Å². The Labute approximate surface area is 83.3 Å². The van der Waals surface area contributed by atoms with Gasteiger partial charge in [-0.2, -0.15) is 0 Å². The Morgan fingerprint density at radius 2 is 2.29 bits per heavy atom. The number of carboxylic acids is 1. The van der Waals surface area contributed by atoms with Crippen molar-refractivity contribution >= 4 is 12.4 Å². The SMILES string of the molecule is CC1CN(C=O)CCN1CCC(=O)O. The first-order valence-corrected chi connectivity index (χ1v) is 4.78. The maximum atomic E-state index is 10.5. The lowest BCUT2D eigenvalue weighted by molar-refractivity contribution is -0.138. The normalized spacial score (nSPS) is 23.5. The zero-order chi connectivity index (χ0) is 10.6. The summed E-state index contributed by atoms with van der Waals surface area (Å²) in [4.78, 5) is 24.7. The fraction of sp³-hybridized carbons (Fsp3) is 0.778. The van der Waals surface area contributed by atoms with Gasteiger partial charge in [0.15, 0.2) is 0 Å². The summed E-state index contributed by atoms with van der Waals surface area (Å²) in [7, 11) is 0. The molecule has 1 rings (SSSR count). The van der Waals surface area contributed by atoms with Crippen LogP contribution in [0.4, 0.5) is 0 Å². The largest absolute Gasteiger partial charge is 0.481 e. The number of carbonyl (C=O) groups excluding carboxylic acids is 1. The Balaban J connectivity index is 2.34. The molecule has 1 N–H and O–H groups in total. The number of piperazine rings is 1. The number of carboxylic acid groups (broad SMARTS) is 1. The van der Waals surface area contributed by atoms with Crippen LogP contribution in [0.2, 0.25) is 0 Å². The lowest BCUT2D eigenvalue weighted by atomic mass is 10.2. The second kappa shape index (κ2) is 4.95. The molecule has 0 aliphatic carbocycles. The first-order chi connectivity index (χ1) is 6.63. The second-order valence-corrected chi connectivity index (χ2v) is 3.63. The molecule has 1 heterocycles. The second-order valence-electron chi connectivity index (χ2n) is 3.63. The molecule has 1 saturated heterocycles. The Kier molecular flexibility index (Phi) is 3.88. The third kappa shape index (κ3) is 2.99. The molecule has 1 aliphatic heterocycles. The topological polar surface area (TPSA) is 60.9 Å². The number of nitrogens with zero attached hydrogens (tertiary/aromatic N) is 2. The Morgan fingerprint density at radius 3 is 2.79 bits per heavy atom. The van der Waals surface area contributed by atoms with E-state index >= 15 is 0 Å². The van der Waals surface area contributed by atoms with Gasteiger partial charge in [0.1, 0.15) is 0 Å². The van der Waals surface area contributed by atoms with E-state index in [-0.39, 0.29) is 12.5 Å². The van der Waals surface area contributed by atoms with Crippen LogP contribution in [0.1, 0.15) is 13.3 Å². The smallest absolute Gasteiger partial charge is 0.304 e. The van der Waals surface area contributed by atoms with Crippen molar-refractivity contribution in [1.82, 2.24) is 9.80 Å². The lowest BCUT2D eigenvalue weighted by Gasteiger charge is -2.37. The molecule has 5 nitrogen and oxygen atoms in total. The van der Waals surface area contributed by atoms with Crippen LogP contribution in [0.25, 0.3) is 0 Å². The first kappa shape index (κ1) is 11.0. The maximum absolute atomic E-state index is 10.5. The van der Waals surface area contributed by atoms with Crippen LogP contribution in [0.5, 0.6) is 0 Å². The minimum atomic E-state index is -0.769. The molecule has 1 aliphatic rings. The van der Waals surface area contributed by atoms with Gasteiger partial charge in [-0.1, -0.05) is 0 Å². The summed E-state index contributed by atoms with van der Waals surface area (Å²) in [5, 5.41) is 8.54. The Bertz CT molecular complexity index is 220. The minimum Gasteiger partial charge on any atom is -0.481 e. The molecule has 1 fully saturated rings. The highest BCUT2D eigenvalue weighted by Gasteiger charge is 2.22. The molecular weight excluding hydrogens is 184 g/mol. The fourth-order valence-electron chi connectivity index (χ4n) is 1.69. The number of rotatable bonds is 4. The van der Waals surface area contributed by atoms with Crippen LogP contribution in [0, 0.1) is 0 Å².